The minimum Gasteiger partial charge on any atom is -0.465 e. The summed E-state index contributed by atoms with van der Waals surface area (Å²) in [5.74, 6) is -0.219. The molecule has 0 radical (unpaired) electrons. The van der Waals surface area contributed by atoms with Crippen molar-refractivity contribution in [2.45, 2.75) is 6.92 Å². The molecule has 7 nitrogen and oxygen atoms in total. The highest BCUT2D eigenvalue weighted by molar-refractivity contribution is 5.94. The van der Waals surface area contributed by atoms with Crippen LogP contribution < -0.4 is 5.32 Å². The van der Waals surface area contributed by atoms with Crippen LogP contribution in [0.25, 0.3) is 11.5 Å². The van der Waals surface area contributed by atoms with E-state index in [1.54, 1.807) is 19.1 Å². The molecule has 2 heterocycles. The second-order valence-corrected chi connectivity index (χ2v) is 3.54. The van der Waals surface area contributed by atoms with Crippen molar-refractivity contribution in [2.24, 2.45) is 0 Å². The minimum atomic E-state index is -0.519. The smallest absolute Gasteiger partial charge is 0.325 e. The van der Waals surface area contributed by atoms with Crippen LogP contribution >= 0.6 is 0 Å². The number of hydrogen-bond acceptors (Lipinski definition) is 6. The standard InChI is InChI=1S/C12H12N2O5/c1-2-17-11(15)7-13-12(16)8-6-10(19-14-8)9-4-3-5-18-9/h3-6H,2,7H2,1H3,(H,13,16). The molecule has 0 aliphatic carbocycles. The average Bonchev–Trinajstić information content (AvgIpc) is 3.06. The molecular weight excluding hydrogens is 252 g/mol. The van der Waals surface area contributed by atoms with Crippen molar-refractivity contribution in [2.75, 3.05) is 13.2 Å². The van der Waals surface area contributed by atoms with Gasteiger partial charge in [-0.2, -0.15) is 0 Å². The Hall–Kier alpha value is -2.57. The van der Waals surface area contributed by atoms with Crippen LogP contribution in [0.1, 0.15) is 17.4 Å². The molecule has 100 valence electrons. The maximum atomic E-state index is 11.7. The molecule has 0 aliphatic rings. The van der Waals surface area contributed by atoms with E-state index < -0.39 is 11.9 Å². The number of rotatable bonds is 5. The van der Waals surface area contributed by atoms with Crippen LogP contribution in [0.3, 0.4) is 0 Å². The predicted octanol–water partition coefficient (Wildman–Crippen LogP) is 1.23. The summed E-state index contributed by atoms with van der Waals surface area (Å²) < 4.78 is 14.7. The Kier molecular flexibility index (Phi) is 3.97. The highest BCUT2D eigenvalue weighted by Gasteiger charge is 2.15. The average molecular weight is 264 g/mol. The van der Waals surface area contributed by atoms with Gasteiger partial charge >= 0.3 is 5.97 Å². The highest BCUT2D eigenvalue weighted by Crippen LogP contribution is 2.20. The minimum absolute atomic E-state index is 0.0655. The summed E-state index contributed by atoms with van der Waals surface area (Å²) in [5.41, 5.74) is 0.0655. The number of aromatic nitrogens is 1. The Morgan fingerprint density at radius 2 is 2.26 bits per heavy atom. The summed E-state index contributed by atoms with van der Waals surface area (Å²) in [5, 5.41) is 5.97. The van der Waals surface area contributed by atoms with E-state index in [9.17, 15) is 9.59 Å². The van der Waals surface area contributed by atoms with E-state index in [1.807, 2.05) is 0 Å². The molecule has 0 atom stereocenters. The first kappa shape index (κ1) is 12.9. The zero-order valence-corrected chi connectivity index (χ0v) is 10.2. The molecule has 1 amide bonds. The van der Waals surface area contributed by atoms with Crippen LogP contribution in [-0.2, 0) is 9.53 Å². The lowest BCUT2D eigenvalue weighted by molar-refractivity contribution is -0.141. The first-order valence-corrected chi connectivity index (χ1v) is 5.65. The Morgan fingerprint density at radius 3 is 2.95 bits per heavy atom. The van der Waals surface area contributed by atoms with Gasteiger partial charge in [-0.1, -0.05) is 5.16 Å². The molecule has 0 spiro atoms. The number of nitrogens with zero attached hydrogens (tertiary/aromatic N) is 1. The molecule has 0 fully saturated rings. The van der Waals surface area contributed by atoms with Crippen molar-refractivity contribution in [3.05, 3.63) is 30.2 Å². The van der Waals surface area contributed by atoms with Crippen molar-refractivity contribution in [1.82, 2.24) is 10.5 Å². The first-order chi connectivity index (χ1) is 9.20. The van der Waals surface area contributed by atoms with E-state index in [0.717, 1.165) is 0 Å². The van der Waals surface area contributed by atoms with Crippen molar-refractivity contribution in [3.63, 3.8) is 0 Å². The maximum Gasteiger partial charge on any atom is 0.325 e. The van der Waals surface area contributed by atoms with Crippen LogP contribution in [0.2, 0.25) is 0 Å². The summed E-state index contributed by atoms with van der Waals surface area (Å²) in [4.78, 5) is 22.7. The van der Waals surface area contributed by atoms with E-state index in [2.05, 4.69) is 15.2 Å². The fourth-order valence-electron chi connectivity index (χ4n) is 1.37. The molecular formula is C12H12N2O5. The van der Waals surface area contributed by atoms with Gasteiger partial charge in [0.1, 0.15) is 6.54 Å². The first-order valence-electron chi connectivity index (χ1n) is 5.65. The lowest BCUT2D eigenvalue weighted by Crippen LogP contribution is -2.30. The Bertz CT molecular complexity index is 558. The summed E-state index contributed by atoms with van der Waals surface area (Å²) >= 11 is 0. The Labute approximate surface area is 108 Å². The summed E-state index contributed by atoms with van der Waals surface area (Å²) in [6.45, 7) is 1.74. The molecule has 0 unspecified atom stereocenters. The largest absolute Gasteiger partial charge is 0.465 e. The van der Waals surface area contributed by atoms with Crippen LogP contribution in [0.15, 0.2) is 33.4 Å². The molecule has 19 heavy (non-hydrogen) atoms. The van der Waals surface area contributed by atoms with Gasteiger partial charge in [0.15, 0.2) is 11.5 Å². The molecule has 0 aliphatic heterocycles. The van der Waals surface area contributed by atoms with E-state index in [-0.39, 0.29) is 18.8 Å². The third kappa shape index (κ3) is 3.21. The number of hydrogen-bond donors (Lipinski definition) is 1. The second kappa shape index (κ2) is 5.85. The van der Waals surface area contributed by atoms with Gasteiger partial charge in [-0.25, -0.2) is 0 Å². The molecule has 1 N–H and O–H groups in total. The van der Waals surface area contributed by atoms with Crippen molar-refractivity contribution in [3.8, 4) is 11.5 Å². The summed E-state index contributed by atoms with van der Waals surface area (Å²) in [6, 6.07) is 4.80. The van der Waals surface area contributed by atoms with Gasteiger partial charge in [0.05, 0.1) is 12.9 Å². The lowest BCUT2D eigenvalue weighted by atomic mass is 10.3. The molecule has 2 rings (SSSR count). The third-order valence-corrected chi connectivity index (χ3v) is 2.21. The second-order valence-electron chi connectivity index (χ2n) is 3.54. The van der Waals surface area contributed by atoms with Crippen LogP contribution in [-0.4, -0.2) is 30.2 Å². The van der Waals surface area contributed by atoms with Crippen LogP contribution in [0, 0.1) is 0 Å². The molecule has 0 saturated heterocycles. The SMILES string of the molecule is CCOC(=O)CNC(=O)c1cc(-c2ccco2)on1. The van der Waals surface area contributed by atoms with Gasteiger partial charge in [0.25, 0.3) is 5.91 Å². The number of nitrogens with one attached hydrogen (secondary N) is 1. The maximum absolute atomic E-state index is 11.7. The normalized spacial score (nSPS) is 10.2. The molecule has 2 aromatic heterocycles. The molecule has 0 aromatic carbocycles. The van der Waals surface area contributed by atoms with Gasteiger partial charge < -0.3 is 19.0 Å². The van der Waals surface area contributed by atoms with Gasteiger partial charge in [0, 0.05) is 6.07 Å². The zero-order valence-electron chi connectivity index (χ0n) is 10.2. The monoisotopic (exact) mass is 264 g/mol. The third-order valence-electron chi connectivity index (χ3n) is 2.21. The van der Waals surface area contributed by atoms with Gasteiger partial charge in [-0.05, 0) is 19.1 Å². The van der Waals surface area contributed by atoms with E-state index >= 15 is 0 Å². The predicted molar refractivity (Wildman–Crippen MR) is 63.2 cm³/mol. The van der Waals surface area contributed by atoms with Crippen molar-refractivity contribution >= 4 is 11.9 Å². The number of amides is 1. The van der Waals surface area contributed by atoms with Crippen molar-refractivity contribution in [1.29, 1.82) is 0 Å². The number of carbonyl (C=O) groups excluding carboxylic acids is 2. The number of furan rings is 1. The lowest BCUT2D eigenvalue weighted by Gasteiger charge is -2.01. The molecule has 0 saturated carbocycles. The van der Waals surface area contributed by atoms with Crippen molar-refractivity contribution < 1.29 is 23.3 Å². The summed E-state index contributed by atoms with van der Waals surface area (Å²) in [6.07, 6.45) is 1.48. The van der Waals surface area contributed by atoms with E-state index in [0.29, 0.717) is 11.5 Å². The van der Waals surface area contributed by atoms with Crippen LogP contribution in [0.4, 0.5) is 0 Å². The quantitative estimate of drug-likeness (QED) is 0.816. The topological polar surface area (TPSA) is 94.6 Å². The van der Waals surface area contributed by atoms with Crippen LogP contribution in [0.5, 0.6) is 0 Å². The summed E-state index contributed by atoms with van der Waals surface area (Å²) in [7, 11) is 0. The molecule has 2 aromatic rings. The Balaban J connectivity index is 1.95. The Morgan fingerprint density at radius 1 is 1.42 bits per heavy atom. The number of carbonyl (C=O) groups is 2. The molecule has 0 bridgehead atoms. The fourth-order valence-corrected chi connectivity index (χ4v) is 1.37. The van der Waals surface area contributed by atoms with Gasteiger partial charge in [-0.3, -0.25) is 9.59 Å². The fraction of sp³-hybridized carbons (Fsp3) is 0.250. The zero-order chi connectivity index (χ0) is 13.7. The molecule has 7 heteroatoms. The van der Waals surface area contributed by atoms with E-state index in [1.165, 1.54) is 12.3 Å². The number of esters is 1. The number of ether oxygens (including phenoxy) is 1. The van der Waals surface area contributed by atoms with Gasteiger partial charge in [0.2, 0.25) is 5.76 Å². The van der Waals surface area contributed by atoms with Gasteiger partial charge in [-0.15, -0.1) is 0 Å². The highest BCUT2D eigenvalue weighted by atomic mass is 16.5. The van der Waals surface area contributed by atoms with E-state index in [4.69, 9.17) is 8.94 Å².